The highest BCUT2D eigenvalue weighted by Gasteiger charge is 2.32. The highest BCUT2D eigenvalue weighted by atomic mass is 127. The largest absolute Gasteiger partial charge is 0.448 e. The van der Waals surface area contributed by atoms with Crippen molar-refractivity contribution in [3.05, 3.63) is 128 Å². The molecule has 0 heterocycles. The van der Waals surface area contributed by atoms with E-state index in [1.54, 1.807) is 20.8 Å². The maximum Gasteiger partial charge on any atom is 0.410 e. The third kappa shape index (κ3) is 9.07. The number of nitrogens with one attached hydrogen (secondary N) is 1. The van der Waals surface area contributed by atoms with Crippen molar-refractivity contribution in [1.82, 2.24) is 10.2 Å². The fourth-order valence-electron chi connectivity index (χ4n) is 5.82. The maximum absolute atomic E-state index is 14.1. The maximum atomic E-state index is 14.1. The molecule has 0 bridgehead atoms. The van der Waals surface area contributed by atoms with Crippen LogP contribution in [0.15, 0.2) is 91.0 Å². The number of aliphatic hydroxyl groups excluding tert-OH is 1. The van der Waals surface area contributed by atoms with Gasteiger partial charge in [0.1, 0.15) is 23.8 Å². The van der Waals surface area contributed by atoms with E-state index < -0.39 is 41.6 Å². The SMILES string of the molecule is CC(C)(C)OC(=O)N[C@@H](Cc1cc(F)cc(F)c1)[C@H](O)CN(Cc1cccc(I)c1)C(=O)OCC1c2ccccc2-c2ccccc21. The number of benzene rings is 4. The van der Waals surface area contributed by atoms with E-state index in [0.29, 0.717) is 0 Å². The molecule has 7 nitrogen and oxygen atoms in total. The van der Waals surface area contributed by atoms with E-state index in [4.69, 9.17) is 9.47 Å². The molecule has 2 N–H and O–H groups in total. The first-order valence-electron chi connectivity index (χ1n) is 15.3. The van der Waals surface area contributed by atoms with Crippen LogP contribution in [0, 0.1) is 15.2 Å². The number of halogens is 3. The van der Waals surface area contributed by atoms with Gasteiger partial charge in [0.05, 0.1) is 18.7 Å². The van der Waals surface area contributed by atoms with Gasteiger partial charge in [0.25, 0.3) is 0 Å². The summed E-state index contributed by atoms with van der Waals surface area (Å²) in [7, 11) is 0. The summed E-state index contributed by atoms with van der Waals surface area (Å²) in [6.07, 6.45) is -2.96. The highest BCUT2D eigenvalue weighted by Crippen LogP contribution is 2.44. The van der Waals surface area contributed by atoms with Gasteiger partial charge in [-0.25, -0.2) is 18.4 Å². The topological polar surface area (TPSA) is 88.1 Å². The van der Waals surface area contributed by atoms with E-state index in [2.05, 4.69) is 40.0 Å². The number of hydrogen-bond acceptors (Lipinski definition) is 5. The van der Waals surface area contributed by atoms with Crippen molar-refractivity contribution in [2.24, 2.45) is 0 Å². The Morgan fingerprint density at radius 2 is 1.51 bits per heavy atom. The Balaban J connectivity index is 1.38. The lowest BCUT2D eigenvalue weighted by Crippen LogP contribution is -2.51. The molecule has 0 saturated carbocycles. The molecule has 4 aromatic rings. The molecule has 0 aromatic heterocycles. The Labute approximate surface area is 287 Å². The lowest BCUT2D eigenvalue weighted by Gasteiger charge is -2.31. The Kier molecular flexibility index (Phi) is 10.8. The van der Waals surface area contributed by atoms with Gasteiger partial charge in [0.15, 0.2) is 0 Å². The predicted octanol–water partition coefficient (Wildman–Crippen LogP) is 7.82. The number of hydrogen-bond donors (Lipinski definition) is 2. The van der Waals surface area contributed by atoms with Gasteiger partial charge in [-0.15, -0.1) is 0 Å². The molecule has 4 aromatic carbocycles. The second-order valence-corrected chi connectivity index (χ2v) is 13.9. The molecule has 1 aliphatic rings. The third-order valence-electron chi connectivity index (χ3n) is 7.81. The van der Waals surface area contributed by atoms with E-state index >= 15 is 0 Å². The summed E-state index contributed by atoms with van der Waals surface area (Å²) in [5.41, 5.74) is 4.52. The number of ether oxygens (including phenoxy) is 2. The van der Waals surface area contributed by atoms with Gasteiger partial charge >= 0.3 is 12.2 Å². The van der Waals surface area contributed by atoms with E-state index in [9.17, 15) is 23.5 Å². The van der Waals surface area contributed by atoms with Crippen LogP contribution >= 0.6 is 22.6 Å². The van der Waals surface area contributed by atoms with Crippen LogP contribution in [-0.4, -0.2) is 53.1 Å². The van der Waals surface area contributed by atoms with Gasteiger partial charge in [0.2, 0.25) is 0 Å². The van der Waals surface area contributed by atoms with Crippen molar-refractivity contribution in [2.75, 3.05) is 13.2 Å². The quantitative estimate of drug-likeness (QED) is 0.161. The molecule has 47 heavy (non-hydrogen) atoms. The third-order valence-corrected chi connectivity index (χ3v) is 8.48. The molecule has 246 valence electrons. The summed E-state index contributed by atoms with van der Waals surface area (Å²) in [5, 5.41) is 14.2. The monoisotopic (exact) mass is 754 g/mol. The molecular weight excluding hydrogens is 717 g/mol. The molecule has 0 unspecified atom stereocenters. The number of alkyl carbamates (subject to hydrolysis) is 1. The van der Waals surface area contributed by atoms with E-state index in [1.165, 1.54) is 4.90 Å². The first-order chi connectivity index (χ1) is 22.4. The van der Waals surface area contributed by atoms with Crippen molar-refractivity contribution >= 4 is 34.8 Å². The minimum atomic E-state index is -1.36. The molecule has 2 amide bonds. The Morgan fingerprint density at radius 3 is 2.11 bits per heavy atom. The zero-order valence-electron chi connectivity index (χ0n) is 26.4. The molecule has 5 rings (SSSR count). The van der Waals surface area contributed by atoms with Crippen LogP contribution in [0.1, 0.15) is 48.9 Å². The average molecular weight is 755 g/mol. The van der Waals surface area contributed by atoms with Crippen LogP contribution in [0.25, 0.3) is 11.1 Å². The minimum Gasteiger partial charge on any atom is -0.448 e. The number of fused-ring (bicyclic) bond motifs is 3. The van der Waals surface area contributed by atoms with Crippen molar-refractivity contribution in [1.29, 1.82) is 0 Å². The van der Waals surface area contributed by atoms with Gasteiger partial charge in [0, 0.05) is 22.1 Å². The summed E-state index contributed by atoms with van der Waals surface area (Å²) < 4.78 is 40.4. The second kappa shape index (κ2) is 14.8. The zero-order valence-corrected chi connectivity index (χ0v) is 28.5. The summed E-state index contributed by atoms with van der Waals surface area (Å²) in [6, 6.07) is 25.6. The number of carbonyl (C=O) groups excluding carboxylic acids is 2. The molecule has 10 heteroatoms. The smallest absolute Gasteiger partial charge is 0.410 e. The van der Waals surface area contributed by atoms with Gasteiger partial charge in [-0.3, -0.25) is 0 Å². The minimum absolute atomic E-state index is 0.0773. The molecule has 0 spiro atoms. The summed E-state index contributed by atoms with van der Waals surface area (Å²) in [6.45, 7) is 5.02. The predicted molar refractivity (Wildman–Crippen MR) is 184 cm³/mol. The molecular formula is C37H37F2IN2O5. The fraction of sp³-hybridized carbons (Fsp3) is 0.297. The standard InChI is InChI=1S/C37H37F2IN2O5/c1-37(2,3)47-35(44)41-33(18-24-15-25(38)19-26(39)16-24)34(43)21-42(20-23-9-8-10-27(40)17-23)36(45)46-22-32-30-13-6-4-11-28(30)29-12-5-7-14-31(29)32/h4-17,19,32-34,43H,18,20-22H2,1-3H3,(H,41,44)/t33-,34+/m0/s1. The van der Waals surface area contributed by atoms with Crippen LogP contribution in [0.2, 0.25) is 0 Å². The molecule has 2 atom stereocenters. The Bertz CT molecular complexity index is 1680. The van der Waals surface area contributed by atoms with Crippen LogP contribution in [0.4, 0.5) is 18.4 Å². The zero-order chi connectivity index (χ0) is 33.7. The van der Waals surface area contributed by atoms with Crippen LogP contribution in [-0.2, 0) is 22.4 Å². The number of rotatable bonds is 10. The Hall–Kier alpha value is -4.03. The summed E-state index contributed by atoms with van der Waals surface area (Å²) in [4.78, 5) is 28.0. The molecule has 0 fully saturated rings. The number of amides is 2. The Morgan fingerprint density at radius 1 is 0.894 bits per heavy atom. The second-order valence-electron chi connectivity index (χ2n) is 12.6. The summed E-state index contributed by atoms with van der Waals surface area (Å²) >= 11 is 2.18. The molecule has 0 aliphatic heterocycles. The van der Waals surface area contributed by atoms with Crippen molar-refractivity contribution < 1.29 is 33.0 Å². The number of aliphatic hydroxyl groups is 1. The van der Waals surface area contributed by atoms with Crippen molar-refractivity contribution in [3.63, 3.8) is 0 Å². The number of carbonyl (C=O) groups is 2. The first-order valence-corrected chi connectivity index (χ1v) is 16.4. The normalized spacial score (nSPS) is 13.7. The van der Waals surface area contributed by atoms with Gasteiger partial charge in [-0.1, -0.05) is 60.7 Å². The van der Waals surface area contributed by atoms with Crippen LogP contribution in [0.3, 0.4) is 0 Å². The lowest BCUT2D eigenvalue weighted by atomic mass is 9.98. The average Bonchev–Trinajstić information content (AvgIpc) is 3.31. The van der Waals surface area contributed by atoms with E-state index in [1.807, 2.05) is 60.7 Å². The van der Waals surface area contributed by atoms with Gasteiger partial charge in [-0.2, -0.15) is 0 Å². The molecule has 0 radical (unpaired) electrons. The van der Waals surface area contributed by atoms with Crippen molar-refractivity contribution in [3.8, 4) is 11.1 Å². The van der Waals surface area contributed by atoms with Crippen LogP contribution < -0.4 is 5.32 Å². The first kappa shape index (κ1) is 34.3. The van der Waals surface area contributed by atoms with E-state index in [-0.39, 0.29) is 37.6 Å². The highest BCUT2D eigenvalue weighted by molar-refractivity contribution is 14.1. The molecule has 0 saturated heterocycles. The number of nitrogens with zero attached hydrogens (tertiary/aromatic N) is 1. The fourth-order valence-corrected chi connectivity index (χ4v) is 6.43. The van der Waals surface area contributed by atoms with Crippen LogP contribution in [0.5, 0.6) is 0 Å². The van der Waals surface area contributed by atoms with Crippen molar-refractivity contribution in [2.45, 2.75) is 57.4 Å². The summed E-state index contributed by atoms with van der Waals surface area (Å²) in [5.74, 6) is -1.74. The van der Waals surface area contributed by atoms with Gasteiger partial charge < -0.3 is 24.8 Å². The van der Waals surface area contributed by atoms with Gasteiger partial charge in [-0.05, 0) is 107 Å². The lowest BCUT2D eigenvalue weighted by molar-refractivity contribution is 0.0333. The van der Waals surface area contributed by atoms with E-state index in [0.717, 1.165) is 49.6 Å². The molecule has 1 aliphatic carbocycles.